The summed E-state index contributed by atoms with van der Waals surface area (Å²) in [5, 5.41) is 14.4. The standard InChI is InChI=1S/C10H10N6O2/c1-5-13-8(17-14-5)4-12-7-3-2-6(11)9-10(7)16-18-15-9/h2-3,12H,4,11H2,1H3. The maximum atomic E-state index is 5.75. The monoisotopic (exact) mass is 246 g/mol. The number of rotatable bonds is 3. The highest BCUT2D eigenvalue weighted by atomic mass is 16.6. The zero-order chi connectivity index (χ0) is 12.5. The second-order valence-corrected chi connectivity index (χ2v) is 3.75. The second kappa shape index (κ2) is 3.99. The van der Waals surface area contributed by atoms with E-state index in [9.17, 15) is 0 Å². The molecule has 0 aliphatic carbocycles. The fourth-order valence-electron chi connectivity index (χ4n) is 1.61. The van der Waals surface area contributed by atoms with Gasteiger partial charge in [-0.15, -0.1) is 0 Å². The van der Waals surface area contributed by atoms with Crippen molar-refractivity contribution in [1.29, 1.82) is 0 Å². The topological polar surface area (TPSA) is 116 Å². The van der Waals surface area contributed by atoms with Gasteiger partial charge in [-0.1, -0.05) is 5.16 Å². The molecule has 3 N–H and O–H groups in total. The highest BCUT2D eigenvalue weighted by molar-refractivity contribution is 5.94. The van der Waals surface area contributed by atoms with E-state index >= 15 is 0 Å². The number of nitrogens with two attached hydrogens (primary N) is 1. The van der Waals surface area contributed by atoms with Crippen molar-refractivity contribution < 1.29 is 9.15 Å². The van der Waals surface area contributed by atoms with Crippen LogP contribution in [0.2, 0.25) is 0 Å². The molecule has 0 aliphatic heterocycles. The summed E-state index contributed by atoms with van der Waals surface area (Å²) in [6, 6.07) is 3.53. The van der Waals surface area contributed by atoms with E-state index in [4.69, 9.17) is 10.3 Å². The van der Waals surface area contributed by atoms with Gasteiger partial charge in [0.25, 0.3) is 0 Å². The van der Waals surface area contributed by atoms with Crippen molar-refractivity contribution in [3.63, 3.8) is 0 Å². The van der Waals surface area contributed by atoms with Gasteiger partial charge >= 0.3 is 0 Å². The Morgan fingerprint density at radius 1 is 1.22 bits per heavy atom. The predicted molar refractivity (Wildman–Crippen MR) is 62.6 cm³/mol. The van der Waals surface area contributed by atoms with E-state index in [2.05, 4.69) is 30.4 Å². The molecule has 3 rings (SSSR count). The molecule has 0 saturated carbocycles. The third-order valence-corrected chi connectivity index (χ3v) is 2.45. The summed E-state index contributed by atoms with van der Waals surface area (Å²) in [5.41, 5.74) is 8.12. The van der Waals surface area contributed by atoms with Gasteiger partial charge in [0.1, 0.15) is 0 Å². The smallest absolute Gasteiger partial charge is 0.245 e. The van der Waals surface area contributed by atoms with E-state index in [1.807, 2.05) is 0 Å². The van der Waals surface area contributed by atoms with Gasteiger partial charge in [0, 0.05) is 0 Å². The predicted octanol–water partition coefficient (Wildman–Crippen LogP) is 1.11. The Bertz CT molecular complexity index is 689. The van der Waals surface area contributed by atoms with Crippen LogP contribution >= 0.6 is 0 Å². The lowest BCUT2D eigenvalue weighted by atomic mass is 10.2. The molecule has 0 amide bonds. The maximum absolute atomic E-state index is 5.75. The number of aromatic nitrogens is 4. The SMILES string of the molecule is Cc1noc(CNc2ccc(N)c3nonc23)n1. The van der Waals surface area contributed by atoms with Crippen molar-refractivity contribution in [3.8, 4) is 0 Å². The normalized spacial score (nSPS) is 10.9. The Morgan fingerprint density at radius 3 is 2.83 bits per heavy atom. The van der Waals surface area contributed by atoms with Crippen LogP contribution in [0.15, 0.2) is 21.3 Å². The fourth-order valence-corrected chi connectivity index (χ4v) is 1.61. The molecule has 8 heteroatoms. The molecule has 2 heterocycles. The van der Waals surface area contributed by atoms with E-state index in [1.54, 1.807) is 19.1 Å². The lowest BCUT2D eigenvalue weighted by Crippen LogP contribution is -2.01. The lowest BCUT2D eigenvalue weighted by Gasteiger charge is -2.03. The summed E-state index contributed by atoms with van der Waals surface area (Å²) in [6.07, 6.45) is 0. The molecule has 0 fully saturated rings. The first-order chi connectivity index (χ1) is 8.74. The Labute approximate surface area is 101 Å². The van der Waals surface area contributed by atoms with E-state index in [0.717, 1.165) is 5.69 Å². The minimum Gasteiger partial charge on any atom is -0.397 e. The van der Waals surface area contributed by atoms with Crippen molar-refractivity contribution in [3.05, 3.63) is 23.8 Å². The minimum absolute atomic E-state index is 0.396. The van der Waals surface area contributed by atoms with Crippen molar-refractivity contribution in [2.45, 2.75) is 13.5 Å². The quantitative estimate of drug-likeness (QED) is 0.660. The number of anilines is 2. The fraction of sp³-hybridized carbons (Fsp3) is 0.200. The van der Waals surface area contributed by atoms with Crippen LogP contribution < -0.4 is 11.1 Å². The molecule has 0 bridgehead atoms. The van der Waals surface area contributed by atoms with Gasteiger partial charge in [0.2, 0.25) is 5.89 Å². The number of aryl methyl sites for hydroxylation is 1. The number of benzene rings is 1. The van der Waals surface area contributed by atoms with Crippen LogP contribution in [0.3, 0.4) is 0 Å². The maximum Gasteiger partial charge on any atom is 0.245 e. The summed E-state index contributed by atoms with van der Waals surface area (Å²) in [6.45, 7) is 2.16. The second-order valence-electron chi connectivity index (χ2n) is 3.75. The Kier molecular flexibility index (Phi) is 2.33. The van der Waals surface area contributed by atoms with E-state index in [1.165, 1.54) is 0 Å². The van der Waals surface area contributed by atoms with Gasteiger partial charge in [0.15, 0.2) is 16.9 Å². The van der Waals surface area contributed by atoms with E-state index < -0.39 is 0 Å². The molecule has 0 aliphatic rings. The van der Waals surface area contributed by atoms with Gasteiger partial charge < -0.3 is 15.6 Å². The molecule has 0 radical (unpaired) electrons. The third kappa shape index (κ3) is 1.73. The molecule has 0 spiro atoms. The summed E-state index contributed by atoms with van der Waals surface area (Å²) in [4.78, 5) is 4.09. The van der Waals surface area contributed by atoms with Crippen molar-refractivity contribution in [2.24, 2.45) is 0 Å². The van der Waals surface area contributed by atoms with Gasteiger partial charge in [0.05, 0.1) is 17.9 Å². The zero-order valence-corrected chi connectivity index (χ0v) is 9.54. The van der Waals surface area contributed by atoms with Gasteiger partial charge in [-0.3, -0.25) is 0 Å². The van der Waals surface area contributed by atoms with Crippen LogP contribution in [0.4, 0.5) is 11.4 Å². The third-order valence-electron chi connectivity index (χ3n) is 2.45. The molecule has 18 heavy (non-hydrogen) atoms. The Hall–Kier alpha value is -2.64. The molecule has 92 valence electrons. The van der Waals surface area contributed by atoms with E-state index in [-0.39, 0.29) is 0 Å². The number of nitrogen functional groups attached to an aromatic ring is 1. The molecular weight excluding hydrogens is 236 g/mol. The average molecular weight is 246 g/mol. The number of nitrogens with zero attached hydrogens (tertiary/aromatic N) is 4. The summed E-state index contributed by atoms with van der Waals surface area (Å²) in [5.74, 6) is 1.09. The van der Waals surface area contributed by atoms with Crippen LogP contribution in [-0.2, 0) is 6.54 Å². The van der Waals surface area contributed by atoms with Crippen LogP contribution in [-0.4, -0.2) is 20.5 Å². The first-order valence-electron chi connectivity index (χ1n) is 5.28. The van der Waals surface area contributed by atoms with Gasteiger partial charge in [-0.05, 0) is 29.4 Å². The zero-order valence-electron chi connectivity index (χ0n) is 9.54. The molecule has 0 saturated heterocycles. The Morgan fingerprint density at radius 2 is 2.06 bits per heavy atom. The van der Waals surface area contributed by atoms with Crippen LogP contribution in [0.1, 0.15) is 11.7 Å². The van der Waals surface area contributed by atoms with Crippen LogP contribution in [0, 0.1) is 6.92 Å². The molecule has 8 nitrogen and oxygen atoms in total. The minimum atomic E-state index is 0.396. The van der Waals surface area contributed by atoms with E-state index in [0.29, 0.717) is 35.0 Å². The van der Waals surface area contributed by atoms with Crippen molar-refractivity contribution >= 4 is 22.4 Å². The van der Waals surface area contributed by atoms with Gasteiger partial charge in [-0.2, -0.15) is 4.98 Å². The summed E-state index contributed by atoms with van der Waals surface area (Å²) in [7, 11) is 0. The number of hydrogen-bond donors (Lipinski definition) is 2. The molecule has 1 aromatic carbocycles. The summed E-state index contributed by atoms with van der Waals surface area (Å²) < 4.78 is 9.67. The molecule has 3 aromatic rings. The lowest BCUT2D eigenvalue weighted by molar-refractivity contribution is 0.315. The van der Waals surface area contributed by atoms with Crippen LogP contribution in [0.5, 0.6) is 0 Å². The highest BCUT2D eigenvalue weighted by Crippen LogP contribution is 2.25. The number of fused-ring (bicyclic) bond motifs is 1. The number of nitrogens with one attached hydrogen (secondary N) is 1. The highest BCUT2D eigenvalue weighted by Gasteiger charge is 2.10. The largest absolute Gasteiger partial charge is 0.397 e. The van der Waals surface area contributed by atoms with Gasteiger partial charge in [-0.25, -0.2) is 4.63 Å². The molecular formula is C10H10N6O2. The van der Waals surface area contributed by atoms with Crippen molar-refractivity contribution in [1.82, 2.24) is 20.5 Å². The Balaban J connectivity index is 1.86. The number of hydrogen-bond acceptors (Lipinski definition) is 8. The molecule has 0 atom stereocenters. The van der Waals surface area contributed by atoms with Crippen LogP contribution in [0.25, 0.3) is 11.0 Å². The molecule has 2 aromatic heterocycles. The summed E-state index contributed by atoms with van der Waals surface area (Å²) >= 11 is 0. The average Bonchev–Trinajstić information content (AvgIpc) is 2.98. The first kappa shape index (κ1) is 10.5. The van der Waals surface area contributed by atoms with Crippen molar-refractivity contribution in [2.75, 3.05) is 11.1 Å². The molecule has 0 unspecified atom stereocenters. The first-order valence-corrected chi connectivity index (χ1v) is 5.28.